The molecule has 1 aliphatic heterocycles. The third kappa shape index (κ3) is 5.05. The zero-order valence-corrected chi connectivity index (χ0v) is 14.8. The van der Waals surface area contributed by atoms with Crippen LogP contribution in [0.1, 0.15) is 44.2 Å². The molecule has 0 saturated carbocycles. The fourth-order valence-corrected chi connectivity index (χ4v) is 2.95. The first-order valence-electron chi connectivity index (χ1n) is 8.57. The van der Waals surface area contributed by atoms with E-state index in [4.69, 9.17) is 9.47 Å². The number of carbonyl (C=O) groups is 1. The van der Waals surface area contributed by atoms with Crippen molar-refractivity contribution < 1.29 is 14.3 Å². The molecule has 1 aromatic carbocycles. The normalized spacial score (nSPS) is 17.7. The van der Waals surface area contributed by atoms with E-state index in [1.54, 1.807) is 0 Å². The Morgan fingerprint density at radius 2 is 2.17 bits per heavy atom. The quantitative estimate of drug-likeness (QED) is 0.720. The van der Waals surface area contributed by atoms with Crippen molar-refractivity contribution in [3.63, 3.8) is 0 Å². The zero-order valence-electron chi connectivity index (χ0n) is 14.8. The third-order valence-electron chi connectivity index (χ3n) is 4.20. The van der Waals surface area contributed by atoms with Gasteiger partial charge in [0.2, 0.25) is 5.91 Å². The zero-order chi connectivity index (χ0) is 16.8. The van der Waals surface area contributed by atoms with Gasteiger partial charge in [0.15, 0.2) is 0 Å². The molecule has 1 aromatic rings. The summed E-state index contributed by atoms with van der Waals surface area (Å²) in [7, 11) is 0. The van der Waals surface area contributed by atoms with Crippen LogP contribution in [0.15, 0.2) is 18.2 Å². The van der Waals surface area contributed by atoms with Crippen molar-refractivity contribution in [1.29, 1.82) is 0 Å². The molecule has 128 valence electrons. The van der Waals surface area contributed by atoms with E-state index in [9.17, 15) is 4.79 Å². The molecule has 1 saturated heterocycles. The summed E-state index contributed by atoms with van der Waals surface area (Å²) in [5.41, 5.74) is 3.29. The SMILES string of the molecule is Cc1ccc(C)c(N(C(=O)CCOCC2CCCO2)C(C)C)c1. The van der Waals surface area contributed by atoms with Crippen LogP contribution in [0.4, 0.5) is 5.69 Å². The van der Waals surface area contributed by atoms with E-state index < -0.39 is 0 Å². The van der Waals surface area contributed by atoms with Crippen LogP contribution in [0.5, 0.6) is 0 Å². The van der Waals surface area contributed by atoms with Crippen molar-refractivity contribution in [2.24, 2.45) is 0 Å². The number of anilines is 1. The molecule has 1 atom stereocenters. The van der Waals surface area contributed by atoms with Crippen LogP contribution in [-0.4, -0.2) is 37.9 Å². The number of hydrogen-bond acceptors (Lipinski definition) is 3. The number of carbonyl (C=O) groups excluding carboxylic acids is 1. The number of benzene rings is 1. The van der Waals surface area contributed by atoms with Gasteiger partial charge in [-0.3, -0.25) is 4.79 Å². The lowest BCUT2D eigenvalue weighted by atomic mass is 10.1. The van der Waals surface area contributed by atoms with E-state index in [1.165, 1.54) is 5.56 Å². The molecule has 1 aliphatic rings. The van der Waals surface area contributed by atoms with Gasteiger partial charge in [-0.1, -0.05) is 12.1 Å². The van der Waals surface area contributed by atoms with Gasteiger partial charge in [-0.05, 0) is 57.7 Å². The number of amides is 1. The summed E-state index contributed by atoms with van der Waals surface area (Å²) in [6.07, 6.45) is 2.79. The largest absolute Gasteiger partial charge is 0.378 e. The Labute approximate surface area is 139 Å². The maximum atomic E-state index is 12.7. The van der Waals surface area contributed by atoms with E-state index in [1.807, 2.05) is 25.7 Å². The molecule has 0 N–H and O–H groups in total. The minimum atomic E-state index is 0.112. The second-order valence-corrected chi connectivity index (χ2v) is 6.61. The van der Waals surface area contributed by atoms with Crippen molar-refractivity contribution in [2.45, 2.75) is 59.1 Å². The summed E-state index contributed by atoms with van der Waals surface area (Å²) in [6.45, 7) is 10.1. The second-order valence-electron chi connectivity index (χ2n) is 6.61. The Kier molecular flexibility index (Phi) is 6.60. The van der Waals surface area contributed by atoms with Crippen molar-refractivity contribution in [3.8, 4) is 0 Å². The van der Waals surface area contributed by atoms with Crippen LogP contribution < -0.4 is 4.90 Å². The molecule has 2 rings (SSSR count). The first-order chi connectivity index (χ1) is 11.0. The van der Waals surface area contributed by atoms with Gasteiger partial charge in [0.05, 0.1) is 25.7 Å². The molecule has 0 aromatic heterocycles. The molecule has 4 nitrogen and oxygen atoms in total. The van der Waals surface area contributed by atoms with Gasteiger partial charge in [0.25, 0.3) is 0 Å². The molecule has 1 fully saturated rings. The number of aryl methyl sites for hydroxylation is 2. The first kappa shape index (κ1) is 18.0. The lowest BCUT2D eigenvalue weighted by Crippen LogP contribution is -2.38. The summed E-state index contributed by atoms with van der Waals surface area (Å²) in [5, 5.41) is 0. The van der Waals surface area contributed by atoms with Crippen molar-refractivity contribution >= 4 is 11.6 Å². The molecule has 0 bridgehead atoms. The number of hydrogen-bond donors (Lipinski definition) is 0. The van der Waals surface area contributed by atoms with Gasteiger partial charge >= 0.3 is 0 Å². The Bertz CT molecular complexity index is 521. The Balaban J connectivity index is 1.91. The van der Waals surface area contributed by atoms with Gasteiger partial charge in [-0.15, -0.1) is 0 Å². The van der Waals surface area contributed by atoms with Crippen LogP contribution in [0.25, 0.3) is 0 Å². The van der Waals surface area contributed by atoms with Crippen molar-refractivity contribution in [1.82, 2.24) is 0 Å². The first-order valence-corrected chi connectivity index (χ1v) is 8.57. The predicted octanol–water partition coefficient (Wildman–Crippen LogP) is 3.63. The Morgan fingerprint density at radius 3 is 2.83 bits per heavy atom. The summed E-state index contributed by atoms with van der Waals surface area (Å²) in [4.78, 5) is 14.5. The Morgan fingerprint density at radius 1 is 1.39 bits per heavy atom. The van der Waals surface area contributed by atoms with Gasteiger partial charge in [-0.25, -0.2) is 0 Å². The lowest BCUT2D eigenvalue weighted by molar-refractivity contribution is -0.120. The summed E-state index contributed by atoms with van der Waals surface area (Å²) >= 11 is 0. The average Bonchev–Trinajstić information content (AvgIpc) is 3.00. The summed E-state index contributed by atoms with van der Waals surface area (Å²) < 4.78 is 11.2. The monoisotopic (exact) mass is 319 g/mol. The molecule has 1 amide bonds. The second kappa shape index (κ2) is 8.46. The van der Waals surface area contributed by atoms with Crippen molar-refractivity contribution in [2.75, 3.05) is 24.7 Å². The van der Waals surface area contributed by atoms with Crippen LogP contribution in [-0.2, 0) is 14.3 Å². The highest BCUT2D eigenvalue weighted by Crippen LogP contribution is 2.24. The fraction of sp³-hybridized carbons (Fsp3) is 0.632. The summed E-state index contributed by atoms with van der Waals surface area (Å²) in [6, 6.07) is 6.36. The molecule has 23 heavy (non-hydrogen) atoms. The van der Waals surface area contributed by atoms with Gasteiger partial charge < -0.3 is 14.4 Å². The minimum Gasteiger partial charge on any atom is -0.378 e. The Hall–Kier alpha value is -1.39. The number of ether oxygens (including phenoxy) is 2. The van der Waals surface area contributed by atoms with E-state index in [-0.39, 0.29) is 18.1 Å². The van der Waals surface area contributed by atoms with Gasteiger partial charge in [0, 0.05) is 18.3 Å². The number of nitrogens with zero attached hydrogens (tertiary/aromatic N) is 1. The summed E-state index contributed by atoms with van der Waals surface area (Å²) in [5.74, 6) is 0.112. The maximum Gasteiger partial charge on any atom is 0.229 e. The topological polar surface area (TPSA) is 38.8 Å². The van der Waals surface area contributed by atoms with Crippen LogP contribution in [0.3, 0.4) is 0 Å². The van der Waals surface area contributed by atoms with E-state index in [2.05, 4.69) is 25.1 Å². The molecule has 1 heterocycles. The predicted molar refractivity (Wildman–Crippen MR) is 92.9 cm³/mol. The van der Waals surface area contributed by atoms with Crippen LogP contribution >= 0.6 is 0 Å². The molecule has 1 unspecified atom stereocenters. The molecule has 0 aliphatic carbocycles. The maximum absolute atomic E-state index is 12.7. The van der Waals surface area contributed by atoms with Gasteiger partial charge in [0.1, 0.15) is 0 Å². The fourth-order valence-electron chi connectivity index (χ4n) is 2.95. The van der Waals surface area contributed by atoms with Crippen LogP contribution in [0, 0.1) is 13.8 Å². The lowest BCUT2D eigenvalue weighted by Gasteiger charge is -2.29. The average molecular weight is 319 g/mol. The van der Waals surface area contributed by atoms with Gasteiger partial charge in [-0.2, -0.15) is 0 Å². The number of rotatable bonds is 7. The smallest absolute Gasteiger partial charge is 0.229 e. The van der Waals surface area contributed by atoms with E-state index in [0.717, 1.165) is 30.7 Å². The molecule has 4 heteroatoms. The molecule has 0 radical (unpaired) electrons. The standard InChI is InChI=1S/C19H29NO3/c1-14(2)20(18-12-15(3)7-8-16(18)4)19(21)9-11-22-13-17-6-5-10-23-17/h7-8,12,14,17H,5-6,9-11,13H2,1-4H3. The third-order valence-corrected chi connectivity index (χ3v) is 4.20. The molecule has 0 spiro atoms. The van der Waals surface area contributed by atoms with E-state index >= 15 is 0 Å². The van der Waals surface area contributed by atoms with Crippen LogP contribution in [0.2, 0.25) is 0 Å². The molecular weight excluding hydrogens is 290 g/mol. The van der Waals surface area contributed by atoms with Crippen molar-refractivity contribution in [3.05, 3.63) is 29.3 Å². The highest BCUT2D eigenvalue weighted by Gasteiger charge is 2.21. The van der Waals surface area contributed by atoms with E-state index in [0.29, 0.717) is 19.6 Å². The molecular formula is C19H29NO3. The minimum absolute atomic E-state index is 0.112. The highest BCUT2D eigenvalue weighted by molar-refractivity contribution is 5.94. The highest BCUT2D eigenvalue weighted by atomic mass is 16.5.